The Balaban J connectivity index is 1.80. The first kappa shape index (κ1) is 13.3. The lowest BCUT2D eigenvalue weighted by Crippen LogP contribution is -2.51. The number of aliphatic hydroxyl groups is 1. The van der Waals surface area contributed by atoms with Crippen molar-refractivity contribution in [3.8, 4) is 0 Å². The van der Waals surface area contributed by atoms with E-state index in [0.717, 1.165) is 49.8 Å². The van der Waals surface area contributed by atoms with Crippen LogP contribution >= 0.6 is 11.5 Å². The number of ether oxygens (including phenoxy) is 1. The fourth-order valence-corrected chi connectivity index (χ4v) is 3.97. The van der Waals surface area contributed by atoms with Crippen LogP contribution in [0.15, 0.2) is 0 Å². The summed E-state index contributed by atoms with van der Waals surface area (Å²) in [7, 11) is 0. The molecule has 0 spiro atoms. The van der Waals surface area contributed by atoms with Crippen LogP contribution in [0.2, 0.25) is 0 Å². The molecule has 1 aliphatic heterocycles. The van der Waals surface area contributed by atoms with Gasteiger partial charge >= 0.3 is 0 Å². The second kappa shape index (κ2) is 5.73. The zero-order valence-corrected chi connectivity index (χ0v) is 12.1. The summed E-state index contributed by atoms with van der Waals surface area (Å²) in [5.41, 5.74) is 0. The van der Waals surface area contributed by atoms with Gasteiger partial charge in [0.15, 0.2) is 0 Å². The number of anilines is 1. The van der Waals surface area contributed by atoms with E-state index in [1.54, 1.807) is 0 Å². The van der Waals surface area contributed by atoms with Gasteiger partial charge in [-0.25, -0.2) is 4.98 Å². The van der Waals surface area contributed by atoms with Gasteiger partial charge in [0.25, 0.3) is 0 Å². The summed E-state index contributed by atoms with van der Waals surface area (Å²) in [5.74, 6) is 1.23. The van der Waals surface area contributed by atoms with E-state index in [1.165, 1.54) is 11.5 Å². The lowest BCUT2D eigenvalue weighted by molar-refractivity contribution is 0.0414. The number of hydrogen-bond acceptors (Lipinski definition) is 6. The number of aromatic nitrogens is 2. The molecule has 6 heteroatoms. The molecule has 2 aliphatic rings. The fourth-order valence-electron chi connectivity index (χ4n) is 3.14. The topological polar surface area (TPSA) is 58.5 Å². The van der Waals surface area contributed by atoms with Gasteiger partial charge in [-0.1, -0.05) is 13.3 Å². The van der Waals surface area contributed by atoms with Crippen LogP contribution in [0.5, 0.6) is 0 Å². The van der Waals surface area contributed by atoms with Crippen molar-refractivity contribution in [2.45, 2.75) is 44.8 Å². The first-order chi connectivity index (χ1) is 9.29. The molecule has 0 radical (unpaired) electrons. The van der Waals surface area contributed by atoms with E-state index in [-0.39, 0.29) is 12.1 Å². The van der Waals surface area contributed by atoms with E-state index >= 15 is 0 Å². The Morgan fingerprint density at radius 1 is 1.47 bits per heavy atom. The van der Waals surface area contributed by atoms with Crippen LogP contribution in [0, 0.1) is 5.92 Å². The number of rotatable bonds is 3. The van der Waals surface area contributed by atoms with Crippen molar-refractivity contribution < 1.29 is 9.84 Å². The Labute approximate surface area is 117 Å². The van der Waals surface area contributed by atoms with E-state index in [1.807, 2.05) is 0 Å². The first-order valence-electron chi connectivity index (χ1n) is 7.14. The number of aliphatic hydroxyl groups excluding tert-OH is 1. The zero-order valence-electron chi connectivity index (χ0n) is 11.3. The molecule has 0 amide bonds. The van der Waals surface area contributed by atoms with Gasteiger partial charge in [0.05, 0.1) is 25.4 Å². The van der Waals surface area contributed by atoms with Crippen LogP contribution in [-0.2, 0) is 11.2 Å². The molecule has 0 aromatic carbocycles. The molecular weight excluding hydrogens is 262 g/mol. The highest BCUT2D eigenvalue weighted by Gasteiger charge is 2.38. The molecule has 19 heavy (non-hydrogen) atoms. The third kappa shape index (κ3) is 2.61. The minimum absolute atomic E-state index is 0.187. The smallest absolute Gasteiger partial charge is 0.205 e. The third-order valence-corrected chi connectivity index (χ3v) is 5.00. The molecule has 5 nitrogen and oxygen atoms in total. The fraction of sp³-hybridized carbons (Fsp3) is 0.846. The van der Waals surface area contributed by atoms with Crippen molar-refractivity contribution >= 4 is 16.7 Å². The predicted octanol–water partition coefficient (Wildman–Crippen LogP) is 1.47. The summed E-state index contributed by atoms with van der Waals surface area (Å²) in [5, 5.41) is 11.1. The van der Waals surface area contributed by atoms with Crippen molar-refractivity contribution in [1.29, 1.82) is 0 Å². The SMILES string of the molecule is CCc1nsc(N2CCOC[C@@H]2[C@@H]2CCC[C@H]2O)n1. The minimum Gasteiger partial charge on any atom is -0.393 e. The molecule has 106 valence electrons. The van der Waals surface area contributed by atoms with Crippen molar-refractivity contribution in [1.82, 2.24) is 9.36 Å². The van der Waals surface area contributed by atoms with Crippen LogP contribution in [0.1, 0.15) is 32.0 Å². The standard InChI is InChI=1S/C13H21N3O2S/c1-2-12-14-13(19-15-12)16-6-7-18-8-10(16)9-4-3-5-11(9)17/h9-11,17H,2-8H2,1H3/t9-,10+,11+/m0/s1. The molecule has 1 N–H and O–H groups in total. The lowest BCUT2D eigenvalue weighted by atomic mass is 9.94. The summed E-state index contributed by atoms with van der Waals surface area (Å²) in [6.45, 7) is 4.36. The van der Waals surface area contributed by atoms with Gasteiger partial charge in [-0.15, -0.1) is 0 Å². The Morgan fingerprint density at radius 2 is 2.37 bits per heavy atom. The van der Waals surface area contributed by atoms with Gasteiger partial charge in [-0.3, -0.25) is 0 Å². The maximum Gasteiger partial charge on any atom is 0.205 e. The van der Waals surface area contributed by atoms with E-state index in [4.69, 9.17) is 4.74 Å². The zero-order chi connectivity index (χ0) is 13.2. The quantitative estimate of drug-likeness (QED) is 0.910. The Morgan fingerprint density at radius 3 is 3.05 bits per heavy atom. The number of nitrogens with zero attached hydrogens (tertiary/aromatic N) is 3. The molecule has 1 aromatic rings. The molecular formula is C13H21N3O2S. The molecule has 1 saturated carbocycles. The maximum absolute atomic E-state index is 10.1. The lowest BCUT2D eigenvalue weighted by Gasteiger charge is -2.39. The second-order valence-electron chi connectivity index (χ2n) is 5.34. The van der Waals surface area contributed by atoms with E-state index in [2.05, 4.69) is 21.2 Å². The molecule has 3 atom stereocenters. The van der Waals surface area contributed by atoms with Crippen molar-refractivity contribution in [3.63, 3.8) is 0 Å². The molecule has 2 fully saturated rings. The average molecular weight is 283 g/mol. The summed E-state index contributed by atoms with van der Waals surface area (Å²) < 4.78 is 10.0. The monoisotopic (exact) mass is 283 g/mol. The van der Waals surface area contributed by atoms with Crippen LogP contribution < -0.4 is 4.90 Å². The highest BCUT2D eigenvalue weighted by Crippen LogP contribution is 2.34. The number of aryl methyl sites for hydroxylation is 1. The summed E-state index contributed by atoms with van der Waals surface area (Å²) in [6.07, 6.45) is 3.81. The number of hydrogen-bond donors (Lipinski definition) is 1. The molecule has 0 bridgehead atoms. The van der Waals surface area contributed by atoms with Gasteiger partial charge < -0.3 is 14.7 Å². The van der Waals surface area contributed by atoms with Crippen LogP contribution in [0.3, 0.4) is 0 Å². The molecule has 1 aromatic heterocycles. The predicted molar refractivity (Wildman–Crippen MR) is 74.6 cm³/mol. The second-order valence-corrected chi connectivity index (χ2v) is 6.07. The van der Waals surface area contributed by atoms with E-state index in [0.29, 0.717) is 12.5 Å². The molecule has 3 rings (SSSR count). The van der Waals surface area contributed by atoms with Gasteiger partial charge in [0.1, 0.15) is 5.82 Å². The Kier molecular flexibility index (Phi) is 4.00. The van der Waals surface area contributed by atoms with Crippen molar-refractivity contribution in [2.24, 2.45) is 5.92 Å². The normalized spacial score (nSPS) is 31.9. The summed E-state index contributed by atoms with van der Waals surface area (Å²) >= 11 is 1.47. The average Bonchev–Trinajstić information content (AvgIpc) is 3.07. The highest BCUT2D eigenvalue weighted by molar-refractivity contribution is 7.09. The molecule has 1 saturated heterocycles. The summed E-state index contributed by atoms with van der Waals surface area (Å²) in [6, 6.07) is 0.254. The maximum atomic E-state index is 10.1. The van der Waals surface area contributed by atoms with Crippen LogP contribution in [-0.4, -0.2) is 46.4 Å². The van der Waals surface area contributed by atoms with E-state index in [9.17, 15) is 5.11 Å². The van der Waals surface area contributed by atoms with Gasteiger partial charge in [0, 0.05) is 30.4 Å². The largest absolute Gasteiger partial charge is 0.393 e. The van der Waals surface area contributed by atoms with Crippen molar-refractivity contribution in [2.75, 3.05) is 24.7 Å². The van der Waals surface area contributed by atoms with Crippen LogP contribution in [0.4, 0.5) is 5.13 Å². The third-order valence-electron chi connectivity index (χ3n) is 4.21. The molecule has 1 aliphatic carbocycles. The Bertz CT molecular complexity index is 426. The van der Waals surface area contributed by atoms with Gasteiger partial charge in [-0.05, 0) is 12.8 Å². The van der Waals surface area contributed by atoms with Crippen molar-refractivity contribution in [3.05, 3.63) is 5.82 Å². The first-order valence-corrected chi connectivity index (χ1v) is 7.92. The van der Waals surface area contributed by atoms with Gasteiger partial charge in [0.2, 0.25) is 5.13 Å². The van der Waals surface area contributed by atoms with E-state index < -0.39 is 0 Å². The van der Waals surface area contributed by atoms with Crippen LogP contribution in [0.25, 0.3) is 0 Å². The highest BCUT2D eigenvalue weighted by atomic mass is 32.1. The Hall–Kier alpha value is -0.720. The minimum atomic E-state index is -0.187. The summed E-state index contributed by atoms with van der Waals surface area (Å²) in [4.78, 5) is 6.90. The number of morpholine rings is 1. The molecule has 2 heterocycles. The van der Waals surface area contributed by atoms with Gasteiger partial charge in [-0.2, -0.15) is 4.37 Å². The molecule has 0 unspecified atom stereocenters.